The van der Waals surface area contributed by atoms with E-state index >= 15 is 0 Å². The summed E-state index contributed by atoms with van der Waals surface area (Å²) in [6.45, 7) is 2.76. The van der Waals surface area contributed by atoms with Crippen LogP contribution in [0.25, 0.3) is 0 Å². The van der Waals surface area contributed by atoms with E-state index in [1.54, 1.807) is 31.3 Å². The summed E-state index contributed by atoms with van der Waals surface area (Å²) in [5.74, 6) is 0.576. The van der Waals surface area contributed by atoms with Gasteiger partial charge in [0.25, 0.3) is 0 Å². The smallest absolute Gasteiger partial charge is 0.234 e. The highest BCUT2D eigenvalue weighted by Crippen LogP contribution is 2.24. The summed E-state index contributed by atoms with van der Waals surface area (Å²) in [4.78, 5) is 0. The van der Waals surface area contributed by atoms with Gasteiger partial charge >= 0.3 is 0 Å². The minimum absolute atomic E-state index is 0.0317. The molecular weight excluding hydrogens is 240 g/mol. The van der Waals surface area contributed by atoms with Gasteiger partial charge in [0.1, 0.15) is 5.75 Å². The highest BCUT2D eigenvalue weighted by atomic mass is 32.2. The number of ether oxygens (including phenoxy) is 1. The second-order valence-electron chi connectivity index (χ2n) is 3.45. The average molecular weight is 258 g/mol. The minimum Gasteiger partial charge on any atom is -0.492 e. The van der Waals surface area contributed by atoms with E-state index in [1.165, 1.54) is 0 Å². The van der Waals surface area contributed by atoms with Crippen LogP contribution in [-0.4, -0.2) is 34.4 Å². The number of rotatable bonds is 7. The summed E-state index contributed by atoms with van der Waals surface area (Å²) in [6.07, 6.45) is 0. The van der Waals surface area contributed by atoms with Gasteiger partial charge in [-0.3, -0.25) is 4.72 Å². The lowest BCUT2D eigenvalue weighted by molar-refractivity contribution is 0.342. The Kier molecular flexibility index (Phi) is 5.24. The van der Waals surface area contributed by atoms with Crippen molar-refractivity contribution in [1.29, 1.82) is 0 Å². The van der Waals surface area contributed by atoms with E-state index in [-0.39, 0.29) is 5.75 Å². The predicted octanol–water partition coefficient (Wildman–Crippen LogP) is 1.05. The molecule has 1 aromatic rings. The molecule has 2 N–H and O–H groups in total. The molecule has 6 heteroatoms. The Morgan fingerprint density at radius 1 is 1.29 bits per heavy atom. The fourth-order valence-corrected chi connectivity index (χ4v) is 2.37. The standard InChI is InChI=1S/C11H18N2O3S/c1-3-16-11-7-5-4-6-10(11)13-17(14,15)9-8-12-2/h4-7,12-13H,3,8-9H2,1-2H3. The summed E-state index contributed by atoms with van der Waals surface area (Å²) in [5, 5.41) is 2.80. The van der Waals surface area contributed by atoms with Crippen LogP contribution in [0.5, 0.6) is 5.75 Å². The summed E-state index contributed by atoms with van der Waals surface area (Å²) < 4.78 is 31.3. The van der Waals surface area contributed by atoms with Crippen LogP contribution in [0.2, 0.25) is 0 Å². The highest BCUT2D eigenvalue weighted by Gasteiger charge is 2.12. The van der Waals surface area contributed by atoms with Crippen molar-refractivity contribution in [2.24, 2.45) is 0 Å². The quantitative estimate of drug-likeness (QED) is 0.767. The van der Waals surface area contributed by atoms with Gasteiger partial charge in [0.15, 0.2) is 0 Å². The molecular formula is C11H18N2O3S. The van der Waals surface area contributed by atoms with Crippen molar-refractivity contribution in [1.82, 2.24) is 5.32 Å². The van der Waals surface area contributed by atoms with Crippen molar-refractivity contribution in [2.75, 3.05) is 30.7 Å². The van der Waals surface area contributed by atoms with Gasteiger partial charge in [-0.05, 0) is 26.1 Å². The number of benzene rings is 1. The lowest BCUT2D eigenvalue weighted by Crippen LogP contribution is -2.24. The van der Waals surface area contributed by atoms with E-state index in [1.807, 2.05) is 6.92 Å². The maximum Gasteiger partial charge on any atom is 0.234 e. The normalized spacial score (nSPS) is 11.2. The van der Waals surface area contributed by atoms with Crippen LogP contribution in [0, 0.1) is 0 Å². The number of sulfonamides is 1. The van der Waals surface area contributed by atoms with Crippen molar-refractivity contribution in [3.63, 3.8) is 0 Å². The van der Waals surface area contributed by atoms with Gasteiger partial charge in [0.2, 0.25) is 10.0 Å². The van der Waals surface area contributed by atoms with E-state index in [0.29, 0.717) is 24.6 Å². The molecule has 0 heterocycles. The second kappa shape index (κ2) is 6.46. The van der Waals surface area contributed by atoms with Crippen LogP contribution in [0.4, 0.5) is 5.69 Å². The molecule has 0 unspecified atom stereocenters. The largest absolute Gasteiger partial charge is 0.492 e. The lowest BCUT2D eigenvalue weighted by atomic mass is 10.3. The first kappa shape index (κ1) is 13.8. The third-order valence-corrected chi connectivity index (χ3v) is 3.35. The number of hydrogen-bond donors (Lipinski definition) is 2. The van der Waals surface area contributed by atoms with Crippen LogP contribution >= 0.6 is 0 Å². The summed E-state index contributed by atoms with van der Waals surface area (Å²) in [7, 11) is -1.62. The summed E-state index contributed by atoms with van der Waals surface area (Å²) >= 11 is 0. The third-order valence-electron chi connectivity index (χ3n) is 2.07. The average Bonchev–Trinajstić information content (AvgIpc) is 2.29. The number of hydrogen-bond acceptors (Lipinski definition) is 4. The Bertz CT molecular complexity index is 446. The monoisotopic (exact) mass is 258 g/mol. The van der Waals surface area contributed by atoms with E-state index in [9.17, 15) is 8.42 Å². The van der Waals surface area contributed by atoms with E-state index in [2.05, 4.69) is 10.0 Å². The topological polar surface area (TPSA) is 67.4 Å². The molecule has 0 fully saturated rings. The molecule has 0 aliphatic carbocycles. The van der Waals surface area contributed by atoms with Crippen LogP contribution in [-0.2, 0) is 10.0 Å². The first-order valence-electron chi connectivity index (χ1n) is 5.46. The molecule has 0 saturated heterocycles. The maximum atomic E-state index is 11.7. The van der Waals surface area contributed by atoms with Crippen LogP contribution < -0.4 is 14.8 Å². The van der Waals surface area contributed by atoms with Gasteiger partial charge < -0.3 is 10.1 Å². The van der Waals surface area contributed by atoms with Gasteiger partial charge in [-0.1, -0.05) is 12.1 Å². The SMILES string of the molecule is CCOc1ccccc1NS(=O)(=O)CCNC. The van der Waals surface area contributed by atoms with Crippen molar-refractivity contribution >= 4 is 15.7 Å². The van der Waals surface area contributed by atoms with Gasteiger partial charge in [0.05, 0.1) is 18.0 Å². The third kappa shape index (κ3) is 4.62. The zero-order valence-electron chi connectivity index (χ0n) is 10.1. The van der Waals surface area contributed by atoms with Crippen molar-refractivity contribution in [3.8, 4) is 5.75 Å². The highest BCUT2D eigenvalue weighted by molar-refractivity contribution is 7.92. The molecule has 17 heavy (non-hydrogen) atoms. The Labute approximate surface area is 102 Å². The van der Waals surface area contributed by atoms with Crippen molar-refractivity contribution < 1.29 is 13.2 Å². The van der Waals surface area contributed by atoms with Crippen LogP contribution in [0.1, 0.15) is 6.92 Å². The van der Waals surface area contributed by atoms with E-state index < -0.39 is 10.0 Å². The molecule has 96 valence electrons. The molecule has 5 nitrogen and oxygen atoms in total. The molecule has 1 rings (SSSR count). The van der Waals surface area contributed by atoms with Crippen LogP contribution in [0.15, 0.2) is 24.3 Å². The van der Waals surface area contributed by atoms with E-state index in [4.69, 9.17) is 4.74 Å². The van der Waals surface area contributed by atoms with E-state index in [0.717, 1.165) is 0 Å². The summed E-state index contributed by atoms with van der Waals surface area (Å²) in [5.41, 5.74) is 0.477. The van der Waals surface area contributed by atoms with Gasteiger partial charge in [-0.2, -0.15) is 0 Å². The lowest BCUT2D eigenvalue weighted by Gasteiger charge is -2.12. The molecule has 0 aliphatic rings. The van der Waals surface area contributed by atoms with Crippen molar-refractivity contribution in [3.05, 3.63) is 24.3 Å². The van der Waals surface area contributed by atoms with Gasteiger partial charge in [-0.25, -0.2) is 8.42 Å². The first-order chi connectivity index (χ1) is 8.09. The fourth-order valence-electron chi connectivity index (χ4n) is 1.29. The zero-order chi connectivity index (χ0) is 12.7. The molecule has 0 radical (unpaired) electrons. The molecule has 0 spiro atoms. The number of nitrogens with one attached hydrogen (secondary N) is 2. The van der Waals surface area contributed by atoms with Gasteiger partial charge in [0, 0.05) is 6.54 Å². The minimum atomic E-state index is -3.33. The Morgan fingerprint density at radius 2 is 2.00 bits per heavy atom. The number of anilines is 1. The molecule has 0 atom stereocenters. The molecule has 0 saturated carbocycles. The Morgan fingerprint density at radius 3 is 2.65 bits per heavy atom. The van der Waals surface area contributed by atoms with Gasteiger partial charge in [-0.15, -0.1) is 0 Å². The Balaban J connectivity index is 2.80. The number of para-hydroxylation sites is 2. The van der Waals surface area contributed by atoms with Crippen molar-refractivity contribution in [2.45, 2.75) is 6.92 Å². The van der Waals surface area contributed by atoms with Crippen LogP contribution in [0.3, 0.4) is 0 Å². The maximum absolute atomic E-state index is 11.7. The molecule has 0 aliphatic heterocycles. The predicted molar refractivity (Wildman–Crippen MR) is 68.9 cm³/mol. The molecule has 0 bridgehead atoms. The molecule has 1 aromatic carbocycles. The fraction of sp³-hybridized carbons (Fsp3) is 0.455. The molecule has 0 amide bonds. The first-order valence-corrected chi connectivity index (χ1v) is 7.11. The Hall–Kier alpha value is -1.27. The second-order valence-corrected chi connectivity index (χ2v) is 5.30. The molecule has 0 aromatic heterocycles. The summed E-state index contributed by atoms with van der Waals surface area (Å²) in [6, 6.07) is 6.98. The zero-order valence-corrected chi connectivity index (χ0v) is 10.9.